The average molecular weight is 380 g/mol. The van der Waals surface area contributed by atoms with Crippen LogP contribution in [0.2, 0.25) is 0 Å². The van der Waals surface area contributed by atoms with Crippen molar-refractivity contribution in [3.63, 3.8) is 0 Å². The lowest BCUT2D eigenvalue weighted by Gasteiger charge is -1.98. The number of rotatable bonds is 6. The molecule has 0 atom stereocenters. The summed E-state index contributed by atoms with van der Waals surface area (Å²) in [5.41, 5.74) is 2.92. The Balaban J connectivity index is 1.58. The highest BCUT2D eigenvalue weighted by atomic mass is 32.1. The van der Waals surface area contributed by atoms with Gasteiger partial charge >= 0.3 is 0 Å². The molecule has 0 aliphatic rings. The lowest BCUT2D eigenvalue weighted by molar-refractivity contribution is 0.415. The van der Waals surface area contributed by atoms with Gasteiger partial charge in [0, 0.05) is 5.69 Å². The number of nitrogens with one attached hydrogen (secondary N) is 1. The topological polar surface area (TPSA) is 81.0 Å². The number of H-pyrrole nitrogens is 1. The molecule has 8 heteroatoms. The average Bonchev–Trinajstić information content (AvgIpc) is 3.35. The van der Waals surface area contributed by atoms with Crippen LogP contribution >= 0.6 is 11.3 Å². The fourth-order valence-corrected chi connectivity index (χ4v) is 3.50. The van der Waals surface area contributed by atoms with Crippen LogP contribution in [-0.2, 0) is 6.42 Å². The Hall–Kier alpha value is -3.00. The lowest BCUT2D eigenvalue weighted by atomic mass is 10.1. The minimum atomic E-state index is 0.561. The lowest BCUT2D eigenvalue weighted by Crippen LogP contribution is -1.93. The van der Waals surface area contributed by atoms with E-state index in [9.17, 15) is 0 Å². The molecular formula is C19H20N6OS. The number of methoxy groups -OCH3 is 1. The SMILES string of the molecule is COc1ccc(/C=C\c2nn3c(-c4cc(CC(C)C)[nH]n4)nnc3s2)cc1. The van der Waals surface area contributed by atoms with Crippen LogP contribution in [0.25, 0.3) is 28.6 Å². The molecule has 0 aliphatic carbocycles. The molecule has 3 heterocycles. The highest BCUT2D eigenvalue weighted by Gasteiger charge is 2.15. The van der Waals surface area contributed by atoms with E-state index < -0.39 is 0 Å². The molecule has 0 radical (unpaired) electrons. The van der Waals surface area contributed by atoms with Gasteiger partial charge in [-0.25, -0.2) is 0 Å². The summed E-state index contributed by atoms with van der Waals surface area (Å²) in [4.78, 5) is 0.743. The molecular weight excluding hydrogens is 360 g/mol. The molecule has 0 saturated carbocycles. The summed E-state index contributed by atoms with van der Waals surface area (Å²) in [6, 6.07) is 9.88. The van der Waals surface area contributed by atoms with Gasteiger partial charge in [-0.3, -0.25) is 5.10 Å². The van der Waals surface area contributed by atoms with E-state index in [1.807, 2.05) is 42.5 Å². The standard InChI is InChI=1S/C19H20N6OS/c1-12(2)10-14-11-16(21-20-14)18-22-23-19-25(18)24-17(27-19)9-6-13-4-7-15(26-3)8-5-13/h4-9,11-12H,10H2,1-3H3,(H,20,21)/b9-6-. The zero-order chi connectivity index (χ0) is 18.8. The maximum Gasteiger partial charge on any atom is 0.235 e. The quantitative estimate of drug-likeness (QED) is 0.548. The smallest absolute Gasteiger partial charge is 0.235 e. The van der Waals surface area contributed by atoms with Crippen LogP contribution in [0.3, 0.4) is 0 Å². The maximum absolute atomic E-state index is 5.18. The molecule has 1 aromatic carbocycles. The second-order valence-corrected chi connectivity index (χ2v) is 7.63. The van der Waals surface area contributed by atoms with Gasteiger partial charge in [-0.2, -0.15) is 14.7 Å². The molecule has 0 saturated heterocycles. The van der Waals surface area contributed by atoms with Gasteiger partial charge in [-0.1, -0.05) is 43.4 Å². The number of fused-ring (bicyclic) bond motifs is 1. The Morgan fingerprint density at radius 1 is 1.19 bits per heavy atom. The van der Waals surface area contributed by atoms with Gasteiger partial charge in [0.2, 0.25) is 10.8 Å². The van der Waals surface area contributed by atoms with Gasteiger partial charge in [-0.05, 0) is 42.2 Å². The number of hydrogen-bond acceptors (Lipinski definition) is 6. The summed E-state index contributed by atoms with van der Waals surface area (Å²) < 4.78 is 6.92. The molecule has 3 aromatic heterocycles. The first-order valence-electron chi connectivity index (χ1n) is 8.71. The summed E-state index contributed by atoms with van der Waals surface area (Å²) in [5, 5.41) is 21.4. The highest BCUT2D eigenvalue weighted by molar-refractivity contribution is 7.17. The Morgan fingerprint density at radius 3 is 2.74 bits per heavy atom. The van der Waals surface area contributed by atoms with E-state index in [0.717, 1.165) is 39.1 Å². The van der Waals surface area contributed by atoms with E-state index in [2.05, 4.69) is 39.3 Å². The molecule has 0 aliphatic heterocycles. The monoisotopic (exact) mass is 380 g/mol. The second kappa shape index (κ2) is 7.32. The molecule has 1 N–H and O–H groups in total. The first-order valence-corrected chi connectivity index (χ1v) is 9.53. The zero-order valence-corrected chi connectivity index (χ0v) is 16.2. The summed E-state index contributed by atoms with van der Waals surface area (Å²) >= 11 is 1.49. The van der Waals surface area contributed by atoms with E-state index in [1.165, 1.54) is 11.3 Å². The predicted octanol–water partition coefficient (Wildman–Crippen LogP) is 3.95. The van der Waals surface area contributed by atoms with E-state index in [1.54, 1.807) is 11.6 Å². The molecule has 138 valence electrons. The minimum Gasteiger partial charge on any atom is -0.497 e. The number of nitrogens with zero attached hydrogens (tertiary/aromatic N) is 5. The Kier molecular flexibility index (Phi) is 4.72. The van der Waals surface area contributed by atoms with Crippen LogP contribution in [0, 0.1) is 5.92 Å². The maximum atomic E-state index is 5.18. The first-order chi connectivity index (χ1) is 13.1. The molecule has 0 fully saturated rings. The second-order valence-electron chi connectivity index (χ2n) is 6.64. The number of ether oxygens (including phenoxy) is 1. The summed E-state index contributed by atoms with van der Waals surface area (Å²) in [6.45, 7) is 4.36. The highest BCUT2D eigenvalue weighted by Crippen LogP contribution is 2.23. The van der Waals surface area contributed by atoms with Gasteiger partial charge in [0.15, 0.2) is 0 Å². The van der Waals surface area contributed by atoms with Crippen molar-refractivity contribution < 1.29 is 4.74 Å². The van der Waals surface area contributed by atoms with Gasteiger partial charge in [0.1, 0.15) is 16.5 Å². The van der Waals surface area contributed by atoms with Crippen LogP contribution in [-0.4, -0.2) is 37.1 Å². The summed E-state index contributed by atoms with van der Waals surface area (Å²) in [5.74, 6) is 2.05. The van der Waals surface area contributed by atoms with Gasteiger partial charge < -0.3 is 4.74 Å². The van der Waals surface area contributed by atoms with Crippen LogP contribution < -0.4 is 4.74 Å². The molecule has 0 amide bonds. The molecule has 4 rings (SSSR count). The number of aromatic nitrogens is 6. The van der Waals surface area contributed by atoms with Crippen molar-refractivity contribution in [2.24, 2.45) is 5.92 Å². The summed E-state index contributed by atoms with van der Waals surface area (Å²) in [7, 11) is 1.66. The van der Waals surface area contributed by atoms with Crippen molar-refractivity contribution in [2.45, 2.75) is 20.3 Å². The van der Waals surface area contributed by atoms with Gasteiger partial charge in [0.25, 0.3) is 0 Å². The Labute approximate surface area is 160 Å². The van der Waals surface area contributed by atoms with Crippen LogP contribution in [0.1, 0.15) is 30.1 Å². The minimum absolute atomic E-state index is 0.561. The third-order valence-corrected chi connectivity index (χ3v) is 4.89. The summed E-state index contributed by atoms with van der Waals surface area (Å²) in [6.07, 6.45) is 4.93. The molecule has 0 unspecified atom stereocenters. The molecule has 0 bridgehead atoms. The molecule has 7 nitrogen and oxygen atoms in total. The normalized spacial score (nSPS) is 11.9. The molecule has 0 spiro atoms. The number of hydrogen-bond donors (Lipinski definition) is 1. The number of aromatic amines is 1. The molecule has 4 aromatic rings. The van der Waals surface area contributed by atoms with Crippen molar-refractivity contribution in [3.05, 3.63) is 46.6 Å². The van der Waals surface area contributed by atoms with Crippen LogP contribution in [0.4, 0.5) is 0 Å². The number of benzene rings is 1. The molecule has 27 heavy (non-hydrogen) atoms. The van der Waals surface area contributed by atoms with Crippen LogP contribution in [0.15, 0.2) is 30.3 Å². The van der Waals surface area contributed by atoms with Crippen LogP contribution in [0.5, 0.6) is 5.75 Å². The Bertz CT molecular complexity index is 1070. The van der Waals surface area contributed by atoms with E-state index >= 15 is 0 Å². The van der Waals surface area contributed by atoms with Crippen molar-refractivity contribution in [1.29, 1.82) is 0 Å². The third-order valence-electron chi connectivity index (χ3n) is 4.03. The van der Waals surface area contributed by atoms with Crippen molar-refractivity contribution in [1.82, 2.24) is 30.0 Å². The van der Waals surface area contributed by atoms with Crippen molar-refractivity contribution in [3.8, 4) is 17.3 Å². The predicted molar refractivity (Wildman–Crippen MR) is 107 cm³/mol. The fourth-order valence-electron chi connectivity index (χ4n) is 2.76. The van der Waals surface area contributed by atoms with Gasteiger partial charge in [-0.15, -0.1) is 10.2 Å². The van der Waals surface area contributed by atoms with E-state index in [0.29, 0.717) is 11.7 Å². The van der Waals surface area contributed by atoms with Crippen molar-refractivity contribution in [2.75, 3.05) is 7.11 Å². The van der Waals surface area contributed by atoms with E-state index in [4.69, 9.17) is 4.74 Å². The largest absolute Gasteiger partial charge is 0.497 e. The van der Waals surface area contributed by atoms with Gasteiger partial charge in [0.05, 0.1) is 7.11 Å². The third kappa shape index (κ3) is 3.75. The van der Waals surface area contributed by atoms with Crippen molar-refractivity contribution >= 4 is 28.4 Å². The zero-order valence-electron chi connectivity index (χ0n) is 15.4. The Morgan fingerprint density at radius 2 is 2.00 bits per heavy atom. The van der Waals surface area contributed by atoms with E-state index in [-0.39, 0.29) is 0 Å². The first kappa shape index (κ1) is 17.4. The fraction of sp³-hybridized carbons (Fsp3) is 0.263.